The molecule has 0 bridgehead atoms. The van der Waals surface area contributed by atoms with E-state index < -0.39 is 0 Å². The lowest BCUT2D eigenvalue weighted by molar-refractivity contribution is -0.132. The lowest BCUT2D eigenvalue weighted by Crippen LogP contribution is -2.38. The third-order valence-electron chi connectivity index (χ3n) is 3.67. The lowest BCUT2D eigenvalue weighted by Gasteiger charge is -2.26. The van der Waals surface area contributed by atoms with Crippen LogP contribution >= 0.6 is 11.3 Å². The molecule has 1 unspecified atom stereocenters. The number of carbonyl (C=O) groups is 1. The van der Waals surface area contributed by atoms with Gasteiger partial charge in [-0.2, -0.15) is 0 Å². The van der Waals surface area contributed by atoms with Crippen molar-refractivity contribution in [2.24, 2.45) is 5.73 Å². The molecule has 21 heavy (non-hydrogen) atoms. The molecule has 1 atom stereocenters. The molecule has 120 valence electrons. The van der Waals surface area contributed by atoms with Gasteiger partial charge in [0.2, 0.25) is 5.91 Å². The van der Waals surface area contributed by atoms with Crippen LogP contribution in [0, 0.1) is 0 Å². The van der Waals surface area contributed by atoms with Gasteiger partial charge in [0.15, 0.2) is 0 Å². The first-order valence-corrected chi connectivity index (χ1v) is 8.72. The standard InChI is InChI=1S/C16H29N3OS/c1-4-18(5-2)10-11-19(13-15-7-6-12-21-15)16(20)9-8-14(3)17/h6-7,12,14H,4-5,8-11,13,17H2,1-3H3. The highest BCUT2D eigenvalue weighted by atomic mass is 32.1. The number of carbonyl (C=O) groups excluding carboxylic acids is 1. The summed E-state index contributed by atoms with van der Waals surface area (Å²) in [5, 5.41) is 2.06. The molecule has 1 aromatic heterocycles. The maximum Gasteiger partial charge on any atom is 0.222 e. The van der Waals surface area contributed by atoms with Gasteiger partial charge in [-0.15, -0.1) is 11.3 Å². The fourth-order valence-electron chi connectivity index (χ4n) is 2.19. The molecule has 0 saturated heterocycles. The predicted molar refractivity (Wildman–Crippen MR) is 90.4 cm³/mol. The predicted octanol–water partition coefficient (Wildman–Crippen LogP) is 2.55. The van der Waals surface area contributed by atoms with Crippen LogP contribution < -0.4 is 5.73 Å². The highest BCUT2D eigenvalue weighted by molar-refractivity contribution is 7.09. The summed E-state index contributed by atoms with van der Waals surface area (Å²) in [6, 6.07) is 4.21. The molecule has 4 nitrogen and oxygen atoms in total. The molecule has 0 radical (unpaired) electrons. The van der Waals surface area contributed by atoms with Crippen LogP contribution in [0.3, 0.4) is 0 Å². The molecule has 0 aliphatic heterocycles. The molecule has 2 N–H and O–H groups in total. The van der Waals surface area contributed by atoms with Crippen molar-refractivity contribution in [1.82, 2.24) is 9.80 Å². The summed E-state index contributed by atoms with van der Waals surface area (Å²) in [7, 11) is 0. The van der Waals surface area contributed by atoms with Crippen molar-refractivity contribution in [1.29, 1.82) is 0 Å². The van der Waals surface area contributed by atoms with Gasteiger partial charge >= 0.3 is 0 Å². The second kappa shape index (κ2) is 9.92. The first-order chi connectivity index (χ1) is 10.1. The molecule has 5 heteroatoms. The molecule has 0 spiro atoms. The Balaban J connectivity index is 2.58. The molecular weight excluding hydrogens is 282 g/mol. The molecule has 1 aromatic rings. The van der Waals surface area contributed by atoms with E-state index in [4.69, 9.17) is 5.73 Å². The van der Waals surface area contributed by atoms with E-state index in [2.05, 4.69) is 30.2 Å². The van der Waals surface area contributed by atoms with Gasteiger partial charge in [0.25, 0.3) is 0 Å². The van der Waals surface area contributed by atoms with E-state index >= 15 is 0 Å². The van der Waals surface area contributed by atoms with Gasteiger partial charge < -0.3 is 15.5 Å². The summed E-state index contributed by atoms with van der Waals surface area (Å²) >= 11 is 1.71. The SMILES string of the molecule is CCN(CC)CCN(Cc1cccs1)C(=O)CCC(C)N. The minimum atomic E-state index is 0.0836. The van der Waals surface area contributed by atoms with E-state index in [1.54, 1.807) is 11.3 Å². The van der Waals surface area contributed by atoms with E-state index in [0.717, 1.165) is 39.1 Å². The van der Waals surface area contributed by atoms with E-state index in [0.29, 0.717) is 6.42 Å². The fraction of sp³-hybridized carbons (Fsp3) is 0.688. The number of likely N-dealkylation sites (N-methyl/N-ethyl adjacent to an activating group) is 1. The molecule has 0 aliphatic carbocycles. The molecule has 0 aliphatic rings. The van der Waals surface area contributed by atoms with Gasteiger partial charge in [0.1, 0.15) is 0 Å². The third-order valence-corrected chi connectivity index (χ3v) is 4.53. The van der Waals surface area contributed by atoms with Crippen molar-refractivity contribution in [2.75, 3.05) is 26.2 Å². The monoisotopic (exact) mass is 311 g/mol. The fourth-order valence-corrected chi connectivity index (χ4v) is 2.91. The van der Waals surface area contributed by atoms with Crippen LogP contribution in [0.4, 0.5) is 0 Å². The molecule has 1 amide bonds. The third kappa shape index (κ3) is 7.07. The molecule has 1 heterocycles. The second-order valence-corrected chi connectivity index (χ2v) is 6.47. The summed E-state index contributed by atoms with van der Waals surface area (Å²) in [6.45, 7) is 10.8. The largest absolute Gasteiger partial charge is 0.336 e. The minimum absolute atomic E-state index is 0.0836. The van der Waals surface area contributed by atoms with Gasteiger partial charge in [-0.3, -0.25) is 4.79 Å². The average molecular weight is 311 g/mol. The number of amides is 1. The Morgan fingerprint density at radius 2 is 2.05 bits per heavy atom. The molecule has 0 fully saturated rings. The number of nitrogens with two attached hydrogens (primary N) is 1. The van der Waals surface area contributed by atoms with Crippen molar-refractivity contribution < 1.29 is 4.79 Å². The van der Waals surface area contributed by atoms with E-state index in [-0.39, 0.29) is 11.9 Å². The Hall–Kier alpha value is -0.910. The smallest absolute Gasteiger partial charge is 0.222 e. The number of nitrogens with zero attached hydrogens (tertiary/aromatic N) is 2. The van der Waals surface area contributed by atoms with Crippen LogP contribution in [0.2, 0.25) is 0 Å². The first-order valence-electron chi connectivity index (χ1n) is 7.84. The van der Waals surface area contributed by atoms with Crippen LogP contribution in [0.1, 0.15) is 38.5 Å². The van der Waals surface area contributed by atoms with Gasteiger partial charge in [-0.1, -0.05) is 19.9 Å². The lowest BCUT2D eigenvalue weighted by atomic mass is 10.2. The molecule has 0 aromatic carbocycles. The van der Waals surface area contributed by atoms with Crippen LogP contribution in [-0.2, 0) is 11.3 Å². The summed E-state index contributed by atoms with van der Waals surface area (Å²) < 4.78 is 0. The number of rotatable bonds is 10. The zero-order chi connectivity index (χ0) is 15.7. The summed E-state index contributed by atoms with van der Waals surface area (Å²) in [4.78, 5) is 18.0. The molecule has 1 rings (SSSR count). The van der Waals surface area contributed by atoms with E-state index in [1.807, 2.05) is 17.9 Å². The van der Waals surface area contributed by atoms with Gasteiger partial charge in [0.05, 0.1) is 6.54 Å². The minimum Gasteiger partial charge on any atom is -0.336 e. The van der Waals surface area contributed by atoms with Crippen LogP contribution in [-0.4, -0.2) is 47.9 Å². The van der Waals surface area contributed by atoms with E-state index in [1.165, 1.54) is 4.88 Å². The summed E-state index contributed by atoms with van der Waals surface area (Å²) in [5.74, 6) is 0.216. The second-order valence-electron chi connectivity index (χ2n) is 5.44. The first kappa shape index (κ1) is 18.1. The van der Waals surface area contributed by atoms with Gasteiger partial charge in [-0.05, 0) is 37.9 Å². The van der Waals surface area contributed by atoms with Crippen LogP contribution in [0.5, 0.6) is 0 Å². The van der Waals surface area contributed by atoms with E-state index in [9.17, 15) is 4.79 Å². The Morgan fingerprint density at radius 3 is 2.57 bits per heavy atom. The topological polar surface area (TPSA) is 49.6 Å². The zero-order valence-corrected chi connectivity index (χ0v) is 14.4. The van der Waals surface area contributed by atoms with Gasteiger partial charge in [0, 0.05) is 30.4 Å². The van der Waals surface area contributed by atoms with Gasteiger partial charge in [-0.25, -0.2) is 0 Å². The van der Waals surface area contributed by atoms with Crippen molar-refractivity contribution in [3.05, 3.63) is 22.4 Å². The summed E-state index contributed by atoms with van der Waals surface area (Å²) in [5.41, 5.74) is 5.77. The highest BCUT2D eigenvalue weighted by Crippen LogP contribution is 2.13. The number of thiophene rings is 1. The maximum absolute atomic E-state index is 12.4. The van der Waals surface area contributed by atoms with Crippen molar-refractivity contribution >= 4 is 17.2 Å². The normalized spacial score (nSPS) is 12.6. The average Bonchev–Trinajstić information content (AvgIpc) is 2.97. The van der Waals surface area contributed by atoms with Crippen LogP contribution in [0.15, 0.2) is 17.5 Å². The Bertz CT molecular complexity index is 388. The van der Waals surface area contributed by atoms with Crippen LogP contribution in [0.25, 0.3) is 0 Å². The number of hydrogen-bond donors (Lipinski definition) is 1. The summed E-state index contributed by atoms with van der Waals surface area (Å²) in [6.07, 6.45) is 1.30. The highest BCUT2D eigenvalue weighted by Gasteiger charge is 2.15. The Kier molecular flexibility index (Phi) is 8.57. The Labute approximate surface area is 132 Å². The van der Waals surface area contributed by atoms with Crippen molar-refractivity contribution in [2.45, 2.75) is 46.2 Å². The Morgan fingerprint density at radius 1 is 1.33 bits per heavy atom. The number of hydrogen-bond acceptors (Lipinski definition) is 4. The van der Waals surface area contributed by atoms with Crippen molar-refractivity contribution in [3.63, 3.8) is 0 Å². The zero-order valence-electron chi connectivity index (χ0n) is 13.5. The molecular formula is C16H29N3OS. The maximum atomic E-state index is 12.4. The molecule has 0 saturated carbocycles. The van der Waals surface area contributed by atoms with Crippen molar-refractivity contribution in [3.8, 4) is 0 Å². The quantitative estimate of drug-likeness (QED) is 0.722.